The van der Waals surface area contributed by atoms with Crippen molar-refractivity contribution in [1.29, 1.82) is 0 Å². The highest BCUT2D eigenvalue weighted by Crippen LogP contribution is 2.46. The SMILES string of the molecule is CCCNCCc1nnc(C2CCC3CCCCC3C2)s1. The van der Waals surface area contributed by atoms with Crippen molar-refractivity contribution in [3.05, 3.63) is 10.0 Å². The molecule has 3 atom stereocenters. The largest absolute Gasteiger partial charge is 0.316 e. The molecule has 3 nitrogen and oxygen atoms in total. The molecule has 1 aromatic heterocycles. The number of nitrogens with zero attached hydrogens (tertiary/aromatic N) is 2. The Hall–Kier alpha value is -0.480. The maximum absolute atomic E-state index is 4.52. The third-order valence-corrected chi connectivity index (χ3v) is 6.46. The lowest BCUT2D eigenvalue weighted by atomic mass is 9.68. The lowest BCUT2D eigenvalue weighted by molar-refractivity contribution is 0.155. The minimum Gasteiger partial charge on any atom is -0.316 e. The van der Waals surface area contributed by atoms with Gasteiger partial charge in [-0.1, -0.05) is 32.6 Å². The minimum absolute atomic E-state index is 0.708. The first kappa shape index (κ1) is 15.4. The molecule has 4 heteroatoms. The molecule has 118 valence electrons. The van der Waals surface area contributed by atoms with E-state index in [2.05, 4.69) is 22.4 Å². The lowest BCUT2D eigenvalue weighted by Crippen LogP contribution is -2.26. The number of aromatic nitrogens is 2. The standard InChI is InChI=1S/C17H29N3S/c1-2-10-18-11-9-16-19-20-17(21-16)15-8-7-13-5-3-4-6-14(13)12-15/h13-15,18H,2-12H2,1H3. The minimum atomic E-state index is 0.708. The predicted octanol–water partition coefficient (Wildman–Crippen LogP) is 4.15. The number of nitrogens with one attached hydrogen (secondary N) is 1. The van der Waals surface area contributed by atoms with Gasteiger partial charge < -0.3 is 5.32 Å². The quantitative estimate of drug-likeness (QED) is 0.802. The van der Waals surface area contributed by atoms with Crippen LogP contribution >= 0.6 is 11.3 Å². The van der Waals surface area contributed by atoms with E-state index in [0.717, 1.165) is 31.3 Å². The van der Waals surface area contributed by atoms with Crippen molar-refractivity contribution in [3.63, 3.8) is 0 Å². The van der Waals surface area contributed by atoms with E-state index in [4.69, 9.17) is 0 Å². The summed E-state index contributed by atoms with van der Waals surface area (Å²) >= 11 is 1.87. The Bertz CT molecular complexity index is 431. The average molecular weight is 308 g/mol. The summed E-state index contributed by atoms with van der Waals surface area (Å²) in [5.41, 5.74) is 0. The second-order valence-corrected chi connectivity index (χ2v) is 7.94. The molecule has 0 amide bonds. The second kappa shape index (κ2) is 7.68. The molecular formula is C17H29N3S. The molecule has 1 N–H and O–H groups in total. The summed E-state index contributed by atoms with van der Waals surface area (Å²) < 4.78 is 0. The van der Waals surface area contributed by atoms with Crippen LogP contribution in [-0.4, -0.2) is 23.3 Å². The first-order valence-corrected chi connectivity index (χ1v) is 9.71. The van der Waals surface area contributed by atoms with Gasteiger partial charge in [0.1, 0.15) is 10.0 Å². The molecule has 0 radical (unpaired) electrons. The fourth-order valence-corrected chi connectivity index (χ4v) is 5.12. The Morgan fingerprint density at radius 3 is 2.76 bits per heavy atom. The monoisotopic (exact) mass is 307 g/mol. The van der Waals surface area contributed by atoms with Crippen LogP contribution in [0, 0.1) is 11.8 Å². The predicted molar refractivity (Wildman–Crippen MR) is 88.8 cm³/mol. The zero-order chi connectivity index (χ0) is 14.5. The molecule has 0 aromatic carbocycles. The molecule has 1 aromatic rings. The number of rotatable bonds is 6. The van der Waals surface area contributed by atoms with Gasteiger partial charge in [-0.25, -0.2) is 0 Å². The topological polar surface area (TPSA) is 37.8 Å². The van der Waals surface area contributed by atoms with Gasteiger partial charge in [0.05, 0.1) is 0 Å². The lowest BCUT2D eigenvalue weighted by Gasteiger charge is -2.38. The molecule has 0 spiro atoms. The molecule has 0 aliphatic heterocycles. The van der Waals surface area contributed by atoms with E-state index in [1.54, 1.807) is 0 Å². The summed E-state index contributed by atoms with van der Waals surface area (Å²) in [4.78, 5) is 0. The Labute approximate surface area is 132 Å². The summed E-state index contributed by atoms with van der Waals surface area (Å²) in [5.74, 6) is 2.72. The van der Waals surface area contributed by atoms with E-state index >= 15 is 0 Å². The number of fused-ring (bicyclic) bond motifs is 1. The van der Waals surface area contributed by atoms with Gasteiger partial charge in [-0.3, -0.25) is 0 Å². The van der Waals surface area contributed by atoms with Gasteiger partial charge in [0.25, 0.3) is 0 Å². The van der Waals surface area contributed by atoms with Gasteiger partial charge in [-0.15, -0.1) is 21.5 Å². The van der Waals surface area contributed by atoms with Crippen molar-refractivity contribution in [2.45, 2.75) is 70.6 Å². The summed E-state index contributed by atoms with van der Waals surface area (Å²) in [7, 11) is 0. The molecule has 3 rings (SSSR count). The van der Waals surface area contributed by atoms with Crippen LogP contribution in [0.15, 0.2) is 0 Å². The van der Waals surface area contributed by atoms with Crippen molar-refractivity contribution in [2.24, 2.45) is 11.8 Å². The van der Waals surface area contributed by atoms with Crippen LogP contribution in [0.1, 0.15) is 74.2 Å². The highest BCUT2D eigenvalue weighted by Gasteiger charge is 2.33. The second-order valence-electron chi connectivity index (χ2n) is 6.85. The first-order chi connectivity index (χ1) is 10.4. The van der Waals surface area contributed by atoms with Gasteiger partial charge in [0.2, 0.25) is 0 Å². The van der Waals surface area contributed by atoms with E-state index in [-0.39, 0.29) is 0 Å². The smallest absolute Gasteiger partial charge is 0.120 e. The third kappa shape index (κ3) is 4.04. The van der Waals surface area contributed by atoms with Crippen LogP contribution < -0.4 is 5.32 Å². The highest BCUT2D eigenvalue weighted by molar-refractivity contribution is 7.11. The van der Waals surface area contributed by atoms with Crippen LogP contribution in [0.4, 0.5) is 0 Å². The van der Waals surface area contributed by atoms with Gasteiger partial charge in [0.15, 0.2) is 0 Å². The normalized spacial score (nSPS) is 29.3. The molecule has 2 aliphatic carbocycles. The summed E-state index contributed by atoms with van der Waals surface area (Å²) in [6.07, 6.45) is 12.3. The van der Waals surface area contributed by atoms with E-state index < -0.39 is 0 Å². The van der Waals surface area contributed by atoms with E-state index in [1.807, 2.05) is 11.3 Å². The van der Waals surface area contributed by atoms with Crippen LogP contribution in [0.25, 0.3) is 0 Å². The molecule has 0 saturated heterocycles. The van der Waals surface area contributed by atoms with E-state index in [0.29, 0.717) is 5.92 Å². The Balaban J connectivity index is 1.51. The zero-order valence-electron chi connectivity index (χ0n) is 13.3. The highest BCUT2D eigenvalue weighted by atomic mass is 32.1. The van der Waals surface area contributed by atoms with E-state index in [9.17, 15) is 0 Å². The Kier molecular flexibility index (Phi) is 5.64. The van der Waals surface area contributed by atoms with Crippen molar-refractivity contribution in [1.82, 2.24) is 15.5 Å². The van der Waals surface area contributed by atoms with Gasteiger partial charge >= 0.3 is 0 Å². The number of hydrogen-bond donors (Lipinski definition) is 1. The van der Waals surface area contributed by atoms with Crippen LogP contribution in [0.2, 0.25) is 0 Å². The van der Waals surface area contributed by atoms with Crippen LogP contribution in [-0.2, 0) is 6.42 Å². The molecule has 2 saturated carbocycles. The molecule has 2 aliphatic rings. The average Bonchev–Trinajstić information content (AvgIpc) is 3.00. The Morgan fingerprint density at radius 1 is 1.05 bits per heavy atom. The maximum atomic E-state index is 4.52. The molecule has 3 unspecified atom stereocenters. The first-order valence-electron chi connectivity index (χ1n) is 8.89. The van der Waals surface area contributed by atoms with Gasteiger partial charge in [-0.05, 0) is 44.1 Å². The van der Waals surface area contributed by atoms with Crippen molar-refractivity contribution in [2.75, 3.05) is 13.1 Å². The summed E-state index contributed by atoms with van der Waals surface area (Å²) in [6.45, 7) is 4.35. The fourth-order valence-electron chi connectivity index (χ4n) is 4.13. The van der Waals surface area contributed by atoms with E-state index in [1.165, 1.54) is 61.4 Å². The summed E-state index contributed by atoms with van der Waals surface area (Å²) in [6, 6.07) is 0. The molecule has 2 fully saturated rings. The zero-order valence-corrected chi connectivity index (χ0v) is 14.1. The van der Waals surface area contributed by atoms with Crippen molar-refractivity contribution < 1.29 is 0 Å². The molecule has 0 bridgehead atoms. The van der Waals surface area contributed by atoms with Gasteiger partial charge in [-0.2, -0.15) is 0 Å². The van der Waals surface area contributed by atoms with Crippen LogP contribution in [0.5, 0.6) is 0 Å². The summed E-state index contributed by atoms with van der Waals surface area (Å²) in [5, 5.41) is 14.9. The molecular weight excluding hydrogens is 278 g/mol. The van der Waals surface area contributed by atoms with Crippen LogP contribution in [0.3, 0.4) is 0 Å². The molecule has 1 heterocycles. The Morgan fingerprint density at radius 2 is 1.90 bits per heavy atom. The third-order valence-electron chi connectivity index (χ3n) is 5.31. The molecule has 21 heavy (non-hydrogen) atoms. The van der Waals surface area contributed by atoms with Gasteiger partial charge in [0, 0.05) is 18.9 Å². The number of hydrogen-bond acceptors (Lipinski definition) is 4. The fraction of sp³-hybridized carbons (Fsp3) is 0.882. The maximum Gasteiger partial charge on any atom is 0.120 e. The van der Waals surface area contributed by atoms with Crippen molar-refractivity contribution in [3.8, 4) is 0 Å². The van der Waals surface area contributed by atoms with Crippen molar-refractivity contribution >= 4 is 11.3 Å².